The van der Waals surface area contributed by atoms with Gasteiger partial charge in [0, 0.05) is 19.6 Å². The zero-order valence-electron chi connectivity index (χ0n) is 10.9. The maximum absolute atomic E-state index is 5.66. The molecule has 0 radical (unpaired) electrons. The second-order valence-electron chi connectivity index (χ2n) is 4.03. The molecule has 2 N–H and O–H groups in total. The molecule has 0 spiro atoms. The Labute approximate surface area is 114 Å². The van der Waals surface area contributed by atoms with Crippen molar-refractivity contribution >= 4 is 17.2 Å². The maximum atomic E-state index is 5.66. The molecule has 1 aromatic carbocycles. The fraction of sp³-hybridized carbons (Fsp3) is 0.500. The van der Waals surface area contributed by atoms with Crippen LogP contribution in [0.1, 0.15) is 31.7 Å². The summed E-state index contributed by atoms with van der Waals surface area (Å²) in [6.07, 6.45) is 3.15. The van der Waals surface area contributed by atoms with Crippen LogP contribution in [0.15, 0.2) is 24.3 Å². The highest BCUT2D eigenvalue weighted by molar-refractivity contribution is 7.80. The summed E-state index contributed by atoms with van der Waals surface area (Å²) in [6.45, 7) is 4.33. The third kappa shape index (κ3) is 5.47. The predicted molar refractivity (Wildman–Crippen MR) is 78.2 cm³/mol. The lowest BCUT2D eigenvalue weighted by Crippen LogP contribution is -2.12. The van der Waals surface area contributed by atoms with Crippen molar-refractivity contribution < 1.29 is 9.47 Å². The minimum atomic E-state index is 0.366. The van der Waals surface area contributed by atoms with Crippen LogP contribution in [0.2, 0.25) is 0 Å². The van der Waals surface area contributed by atoms with E-state index in [9.17, 15) is 0 Å². The van der Waals surface area contributed by atoms with Crippen LogP contribution >= 0.6 is 12.2 Å². The van der Waals surface area contributed by atoms with Gasteiger partial charge in [-0.25, -0.2) is 0 Å². The Bertz CT molecular complexity index is 369. The van der Waals surface area contributed by atoms with Gasteiger partial charge in [0.05, 0.1) is 12.2 Å². The molecule has 4 heteroatoms. The smallest absolute Gasteiger partial charge is 0.129 e. The number of unbranched alkanes of at least 4 members (excludes halogenated alkanes) is 1. The van der Waals surface area contributed by atoms with Crippen molar-refractivity contribution in [2.45, 2.75) is 26.2 Å². The first-order valence-corrected chi connectivity index (χ1v) is 6.76. The van der Waals surface area contributed by atoms with E-state index in [0.717, 1.165) is 43.8 Å². The molecule has 0 saturated heterocycles. The number of rotatable bonds is 9. The molecule has 18 heavy (non-hydrogen) atoms. The van der Waals surface area contributed by atoms with E-state index in [2.05, 4.69) is 6.92 Å². The van der Waals surface area contributed by atoms with E-state index < -0.39 is 0 Å². The molecular weight excluding hydrogens is 246 g/mol. The fourth-order valence-electron chi connectivity index (χ4n) is 1.49. The van der Waals surface area contributed by atoms with Crippen LogP contribution in [0.25, 0.3) is 0 Å². The number of nitrogens with two attached hydrogens (primary N) is 1. The molecule has 3 nitrogen and oxygen atoms in total. The maximum Gasteiger partial charge on any atom is 0.129 e. The summed E-state index contributed by atoms with van der Waals surface area (Å²) in [5, 5.41) is 0. The van der Waals surface area contributed by atoms with Gasteiger partial charge in [0.2, 0.25) is 0 Å². The van der Waals surface area contributed by atoms with Gasteiger partial charge in [-0.3, -0.25) is 0 Å². The van der Waals surface area contributed by atoms with E-state index >= 15 is 0 Å². The van der Waals surface area contributed by atoms with Crippen LogP contribution in [0.4, 0.5) is 0 Å². The van der Waals surface area contributed by atoms with Crippen molar-refractivity contribution in [2.24, 2.45) is 5.73 Å². The SMILES string of the molecule is CCCCOCCCOc1ccccc1C(N)=S. The van der Waals surface area contributed by atoms with E-state index in [1.165, 1.54) is 0 Å². The summed E-state index contributed by atoms with van der Waals surface area (Å²) >= 11 is 4.97. The van der Waals surface area contributed by atoms with Gasteiger partial charge in [-0.05, 0) is 18.6 Å². The van der Waals surface area contributed by atoms with Gasteiger partial charge in [0.15, 0.2) is 0 Å². The van der Waals surface area contributed by atoms with Crippen molar-refractivity contribution in [1.29, 1.82) is 0 Å². The van der Waals surface area contributed by atoms with Crippen molar-refractivity contribution in [3.05, 3.63) is 29.8 Å². The average Bonchev–Trinajstić information content (AvgIpc) is 2.38. The van der Waals surface area contributed by atoms with E-state index in [-0.39, 0.29) is 0 Å². The molecule has 0 heterocycles. The highest BCUT2D eigenvalue weighted by Crippen LogP contribution is 2.17. The molecular formula is C14H21NO2S. The van der Waals surface area contributed by atoms with Crippen LogP contribution in [0.3, 0.4) is 0 Å². The first-order valence-electron chi connectivity index (χ1n) is 6.35. The van der Waals surface area contributed by atoms with E-state index in [1.54, 1.807) is 0 Å². The second kappa shape index (κ2) is 8.89. The van der Waals surface area contributed by atoms with E-state index in [0.29, 0.717) is 11.6 Å². The van der Waals surface area contributed by atoms with Crippen molar-refractivity contribution in [3.63, 3.8) is 0 Å². The highest BCUT2D eigenvalue weighted by Gasteiger charge is 2.04. The van der Waals surface area contributed by atoms with Crippen LogP contribution in [0, 0.1) is 0 Å². The summed E-state index contributed by atoms with van der Waals surface area (Å²) in [5.74, 6) is 0.749. The van der Waals surface area contributed by atoms with Gasteiger partial charge in [-0.1, -0.05) is 37.7 Å². The number of benzene rings is 1. The van der Waals surface area contributed by atoms with Gasteiger partial charge in [-0.15, -0.1) is 0 Å². The van der Waals surface area contributed by atoms with Gasteiger partial charge < -0.3 is 15.2 Å². The Hall–Kier alpha value is -1.13. The molecule has 0 aliphatic rings. The predicted octanol–water partition coefficient (Wildman–Crippen LogP) is 2.91. The normalized spacial score (nSPS) is 10.3. The molecule has 0 aliphatic carbocycles. The van der Waals surface area contributed by atoms with E-state index in [4.69, 9.17) is 27.4 Å². The lowest BCUT2D eigenvalue weighted by atomic mass is 10.2. The van der Waals surface area contributed by atoms with Crippen LogP contribution in [0.5, 0.6) is 5.75 Å². The summed E-state index contributed by atoms with van der Waals surface area (Å²) in [6, 6.07) is 7.56. The number of ether oxygens (including phenoxy) is 2. The molecule has 0 bridgehead atoms. The number of para-hydroxylation sites is 1. The Morgan fingerprint density at radius 2 is 1.89 bits per heavy atom. The average molecular weight is 267 g/mol. The van der Waals surface area contributed by atoms with Crippen molar-refractivity contribution in [2.75, 3.05) is 19.8 Å². The fourth-order valence-corrected chi connectivity index (χ4v) is 1.66. The highest BCUT2D eigenvalue weighted by atomic mass is 32.1. The monoisotopic (exact) mass is 267 g/mol. The summed E-state index contributed by atoms with van der Waals surface area (Å²) < 4.78 is 11.1. The standard InChI is InChI=1S/C14H21NO2S/c1-2-3-9-16-10-6-11-17-13-8-5-4-7-12(13)14(15)18/h4-5,7-8H,2-3,6,9-11H2,1H3,(H2,15,18). The third-order valence-electron chi connectivity index (χ3n) is 2.49. The third-order valence-corrected chi connectivity index (χ3v) is 2.71. The summed E-state index contributed by atoms with van der Waals surface area (Å²) in [5.41, 5.74) is 6.42. The minimum Gasteiger partial charge on any atom is -0.493 e. The van der Waals surface area contributed by atoms with Crippen LogP contribution in [-0.4, -0.2) is 24.8 Å². The lowest BCUT2D eigenvalue weighted by Gasteiger charge is -2.10. The topological polar surface area (TPSA) is 44.5 Å². The Morgan fingerprint density at radius 1 is 1.17 bits per heavy atom. The lowest BCUT2D eigenvalue weighted by molar-refractivity contribution is 0.117. The molecule has 1 aromatic rings. The molecule has 0 aliphatic heterocycles. The van der Waals surface area contributed by atoms with Gasteiger partial charge in [-0.2, -0.15) is 0 Å². The zero-order chi connectivity index (χ0) is 13.2. The Kier molecular flexibility index (Phi) is 7.37. The minimum absolute atomic E-state index is 0.366. The number of thiocarbonyl (C=S) groups is 1. The van der Waals surface area contributed by atoms with Gasteiger partial charge in [0.1, 0.15) is 10.7 Å². The molecule has 0 saturated carbocycles. The molecule has 0 unspecified atom stereocenters. The molecule has 0 fully saturated rings. The largest absolute Gasteiger partial charge is 0.493 e. The zero-order valence-corrected chi connectivity index (χ0v) is 11.7. The first kappa shape index (κ1) is 14.9. The van der Waals surface area contributed by atoms with Crippen LogP contribution < -0.4 is 10.5 Å². The van der Waals surface area contributed by atoms with Crippen LogP contribution in [-0.2, 0) is 4.74 Å². The molecule has 0 atom stereocenters. The van der Waals surface area contributed by atoms with Gasteiger partial charge in [0.25, 0.3) is 0 Å². The van der Waals surface area contributed by atoms with E-state index in [1.807, 2.05) is 24.3 Å². The Morgan fingerprint density at radius 3 is 2.61 bits per heavy atom. The summed E-state index contributed by atoms with van der Waals surface area (Å²) in [4.78, 5) is 0.366. The molecule has 0 aromatic heterocycles. The molecule has 1 rings (SSSR count). The molecule has 0 amide bonds. The van der Waals surface area contributed by atoms with Crippen molar-refractivity contribution in [3.8, 4) is 5.75 Å². The van der Waals surface area contributed by atoms with Crippen molar-refractivity contribution in [1.82, 2.24) is 0 Å². The van der Waals surface area contributed by atoms with Gasteiger partial charge >= 0.3 is 0 Å². The second-order valence-corrected chi connectivity index (χ2v) is 4.47. The Balaban J connectivity index is 2.25. The number of hydrogen-bond donors (Lipinski definition) is 1. The number of hydrogen-bond acceptors (Lipinski definition) is 3. The molecule has 100 valence electrons. The quantitative estimate of drug-likeness (QED) is 0.552. The first-order chi connectivity index (χ1) is 8.75. The summed E-state index contributed by atoms with van der Waals surface area (Å²) in [7, 11) is 0.